The molecule has 25 heavy (non-hydrogen) atoms. The Bertz CT molecular complexity index is 658. The fourth-order valence-electron chi connectivity index (χ4n) is 2.34. The summed E-state index contributed by atoms with van der Waals surface area (Å²) < 4.78 is 44.6. The van der Waals surface area contributed by atoms with Crippen molar-refractivity contribution in [2.45, 2.75) is 63.5 Å². The van der Waals surface area contributed by atoms with Crippen molar-refractivity contribution in [3.05, 3.63) is 11.8 Å². The van der Waals surface area contributed by atoms with E-state index in [-0.39, 0.29) is 37.2 Å². The van der Waals surface area contributed by atoms with Gasteiger partial charge in [-0.25, -0.2) is 17.3 Å². The molecular formula is C16H25F2N3O3S. The average molecular weight is 377 g/mol. The Morgan fingerprint density at radius 3 is 2.32 bits per heavy atom. The monoisotopic (exact) mass is 377 g/mol. The predicted molar refractivity (Wildman–Crippen MR) is 91.8 cm³/mol. The van der Waals surface area contributed by atoms with Crippen molar-refractivity contribution in [3.63, 3.8) is 0 Å². The van der Waals surface area contributed by atoms with Crippen LogP contribution in [0.15, 0.2) is 10.6 Å². The lowest BCUT2D eigenvalue weighted by Crippen LogP contribution is -2.51. The molecule has 1 aromatic rings. The third-order valence-corrected chi connectivity index (χ3v) is 6.06. The second kappa shape index (κ2) is 6.75. The zero-order valence-corrected chi connectivity index (χ0v) is 16.0. The smallest absolute Gasteiger partial charge is 0.250 e. The highest BCUT2D eigenvalue weighted by molar-refractivity contribution is 7.85. The Kier molecular flexibility index (Phi) is 5.39. The fourth-order valence-corrected chi connectivity index (χ4v) is 3.70. The molecular weight excluding hydrogens is 352 g/mol. The summed E-state index contributed by atoms with van der Waals surface area (Å²) in [6.07, 6.45) is -0.705. The summed E-state index contributed by atoms with van der Waals surface area (Å²) in [5.41, 5.74) is -0.257. The van der Waals surface area contributed by atoms with Gasteiger partial charge < -0.3 is 9.84 Å². The molecule has 1 N–H and O–H groups in total. The van der Waals surface area contributed by atoms with E-state index in [0.29, 0.717) is 5.76 Å². The molecule has 2 rings (SSSR count). The second-order valence-corrected chi connectivity index (χ2v) is 9.86. The first-order chi connectivity index (χ1) is 11.3. The number of hydrogen-bond acceptors (Lipinski definition) is 4. The standard InChI is InChI=1S/C16H25F2N3O3S/c1-14(2,3)11-10-12(20-24-11)19-13(22)15(4,5)25(23)21-8-6-16(17,18)7-9-21/h10H,6-9H2,1-5H3,(H,19,20,22). The second-order valence-electron chi connectivity index (χ2n) is 7.82. The number of carbonyl (C=O) groups excluding carboxylic acids is 1. The van der Waals surface area contributed by atoms with E-state index < -0.39 is 27.6 Å². The van der Waals surface area contributed by atoms with Gasteiger partial charge in [0, 0.05) is 37.4 Å². The molecule has 0 bridgehead atoms. The van der Waals surface area contributed by atoms with E-state index in [1.165, 1.54) is 18.2 Å². The van der Waals surface area contributed by atoms with Gasteiger partial charge in [-0.2, -0.15) is 0 Å². The minimum absolute atomic E-state index is 0.00550. The molecule has 1 saturated heterocycles. The van der Waals surface area contributed by atoms with Crippen LogP contribution in [-0.4, -0.2) is 43.3 Å². The van der Waals surface area contributed by atoms with Crippen LogP contribution in [-0.2, 0) is 21.2 Å². The Morgan fingerprint density at radius 1 is 1.28 bits per heavy atom. The number of amides is 1. The zero-order chi connectivity index (χ0) is 19.0. The van der Waals surface area contributed by atoms with Crippen LogP contribution in [0.3, 0.4) is 0 Å². The third-order valence-electron chi connectivity index (χ3n) is 4.16. The number of aromatic nitrogens is 1. The van der Waals surface area contributed by atoms with Crippen LogP contribution in [0.4, 0.5) is 14.6 Å². The summed E-state index contributed by atoms with van der Waals surface area (Å²) in [5.74, 6) is -2.38. The Balaban J connectivity index is 2.04. The van der Waals surface area contributed by atoms with E-state index in [1.807, 2.05) is 20.8 Å². The molecule has 1 fully saturated rings. The zero-order valence-electron chi connectivity index (χ0n) is 15.2. The van der Waals surface area contributed by atoms with Crippen LogP contribution in [0.1, 0.15) is 53.2 Å². The van der Waals surface area contributed by atoms with Gasteiger partial charge in [0.15, 0.2) is 5.82 Å². The van der Waals surface area contributed by atoms with Gasteiger partial charge in [-0.1, -0.05) is 25.9 Å². The van der Waals surface area contributed by atoms with Gasteiger partial charge >= 0.3 is 0 Å². The highest BCUT2D eigenvalue weighted by Crippen LogP contribution is 2.31. The first-order valence-corrected chi connectivity index (χ1v) is 9.27. The number of halogens is 2. The molecule has 1 unspecified atom stereocenters. The quantitative estimate of drug-likeness (QED) is 0.875. The van der Waals surface area contributed by atoms with Crippen LogP contribution >= 0.6 is 0 Å². The molecule has 1 aliphatic rings. The Labute approximate surface area is 148 Å². The van der Waals surface area contributed by atoms with Crippen molar-refractivity contribution in [2.75, 3.05) is 18.4 Å². The summed E-state index contributed by atoms with van der Waals surface area (Å²) in [4.78, 5) is 12.5. The summed E-state index contributed by atoms with van der Waals surface area (Å²) >= 11 is 0. The van der Waals surface area contributed by atoms with Crippen molar-refractivity contribution < 1.29 is 22.3 Å². The molecule has 1 amide bonds. The van der Waals surface area contributed by atoms with Crippen LogP contribution in [0, 0.1) is 0 Å². The van der Waals surface area contributed by atoms with Gasteiger partial charge in [0.05, 0.1) is 0 Å². The molecule has 9 heteroatoms. The maximum absolute atomic E-state index is 13.3. The topological polar surface area (TPSA) is 75.4 Å². The molecule has 1 aliphatic heterocycles. The molecule has 1 atom stereocenters. The predicted octanol–water partition coefficient (Wildman–Crippen LogP) is 3.08. The van der Waals surface area contributed by atoms with Crippen molar-refractivity contribution in [3.8, 4) is 0 Å². The minimum Gasteiger partial charge on any atom is -0.359 e. The molecule has 0 radical (unpaired) electrons. The van der Waals surface area contributed by atoms with Crippen LogP contribution < -0.4 is 5.32 Å². The van der Waals surface area contributed by atoms with Crippen molar-refractivity contribution in [2.24, 2.45) is 0 Å². The average Bonchev–Trinajstić information content (AvgIpc) is 2.95. The maximum atomic E-state index is 13.3. The summed E-state index contributed by atoms with van der Waals surface area (Å²) in [7, 11) is -1.73. The van der Waals surface area contributed by atoms with Crippen LogP contribution in [0.25, 0.3) is 0 Å². The lowest BCUT2D eigenvalue weighted by atomic mass is 9.93. The highest BCUT2D eigenvalue weighted by atomic mass is 32.2. The normalized spacial score (nSPS) is 20.3. The number of hydrogen-bond donors (Lipinski definition) is 1. The number of anilines is 1. The molecule has 0 spiro atoms. The Hall–Kier alpha value is -1.35. The van der Waals surface area contributed by atoms with Crippen LogP contribution in [0.5, 0.6) is 0 Å². The molecule has 6 nitrogen and oxygen atoms in total. The SMILES string of the molecule is CC(C)(C)c1cc(NC(=O)C(C)(C)S(=O)N2CCC(F)(F)CC2)no1. The van der Waals surface area contributed by atoms with E-state index in [2.05, 4.69) is 10.5 Å². The number of rotatable bonds is 4. The summed E-state index contributed by atoms with van der Waals surface area (Å²) in [6, 6.07) is 1.62. The number of nitrogens with zero attached hydrogens (tertiary/aromatic N) is 2. The lowest BCUT2D eigenvalue weighted by molar-refractivity contribution is -0.117. The maximum Gasteiger partial charge on any atom is 0.250 e. The number of alkyl halides is 2. The van der Waals surface area contributed by atoms with Gasteiger partial charge in [0.1, 0.15) is 21.5 Å². The Morgan fingerprint density at radius 2 is 1.84 bits per heavy atom. The molecule has 0 aliphatic carbocycles. The first kappa shape index (κ1) is 20.0. The van der Waals surface area contributed by atoms with E-state index in [1.54, 1.807) is 6.07 Å². The van der Waals surface area contributed by atoms with E-state index in [0.717, 1.165) is 0 Å². The van der Waals surface area contributed by atoms with Crippen molar-refractivity contribution in [1.29, 1.82) is 0 Å². The van der Waals surface area contributed by atoms with E-state index in [9.17, 15) is 17.8 Å². The number of carbonyl (C=O) groups is 1. The molecule has 142 valence electrons. The fraction of sp³-hybridized carbons (Fsp3) is 0.750. The molecule has 2 heterocycles. The van der Waals surface area contributed by atoms with Gasteiger partial charge in [0.25, 0.3) is 5.92 Å². The van der Waals surface area contributed by atoms with Crippen LogP contribution in [0.2, 0.25) is 0 Å². The van der Waals surface area contributed by atoms with Crippen molar-refractivity contribution in [1.82, 2.24) is 9.46 Å². The first-order valence-electron chi connectivity index (χ1n) is 8.16. The third kappa shape index (κ3) is 4.63. The number of nitrogens with one attached hydrogen (secondary N) is 1. The molecule has 0 aromatic carbocycles. The van der Waals surface area contributed by atoms with E-state index >= 15 is 0 Å². The molecule has 0 saturated carbocycles. The number of piperidine rings is 1. The van der Waals surface area contributed by atoms with E-state index in [4.69, 9.17) is 4.52 Å². The van der Waals surface area contributed by atoms with Gasteiger partial charge in [-0.05, 0) is 13.8 Å². The largest absolute Gasteiger partial charge is 0.359 e. The van der Waals surface area contributed by atoms with Gasteiger partial charge in [0.2, 0.25) is 5.91 Å². The van der Waals surface area contributed by atoms with Gasteiger partial charge in [-0.3, -0.25) is 4.79 Å². The minimum atomic E-state index is -2.73. The summed E-state index contributed by atoms with van der Waals surface area (Å²) in [5, 5.41) is 6.41. The lowest BCUT2D eigenvalue weighted by Gasteiger charge is -2.35. The highest BCUT2D eigenvalue weighted by Gasteiger charge is 2.43. The van der Waals surface area contributed by atoms with Crippen molar-refractivity contribution >= 4 is 22.7 Å². The molecule has 1 aromatic heterocycles. The summed E-state index contributed by atoms with van der Waals surface area (Å²) in [6.45, 7) is 8.88. The van der Waals surface area contributed by atoms with Gasteiger partial charge in [-0.15, -0.1) is 0 Å².